The van der Waals surface area contributed by atoms with Crippen LogP contribution in [0.3, 0.4) is 0 Å². The van der Waals surface area contributed by atoms with Crippen LogP contribution in [0.4, 0.5) is 4.79 Å². The highest BCUT2D eigenvalue weighted by molar-refractivity contribution is 5.85. The Bertz CT molecular complexity index is 869. The van der Waals surface area contributed by atoms with Gasteiger partial charge in [-0.15, -0.1) is 0 Å². The molecule has 2 aromatic rings. The Kier molecular flexibility index (Phi) is 8.10. The van der Waals surface area contributed by atoms with Crippen LogP contribution in [0.1, 0.15) is 90.2 Å². The van der Waals surface area contributed by atoms with Crippen LogP contribution in [0.25, 0.3) is 10.9 Å². The van der Waals surface area contributed by atoms with Gasteiger partial charge in [-0.25, -0.2) is 4.79 Å². The molecule has 0 aliphatic heterocycles. The van der Waals surface area contributed by atoms with Gasteiger partial charge in [0.25, 0.3) is 0 Å². The van der Waals surface area contributed by atoms with Crippen molar-refractivity contribution in [3.8, 4) is 5.75 Å². The lowest BCUT2D eigenvalue weighted by Gasteiger charge is -2.33. The highest BCUT2D eigenvalue weighted by atomic mass is 16.6. The fourth-order valence-corrected chi connectivity index (χ4v) is 4.02. The third-order valence-corrected chi connectivity index (χ3v) is 5.36. The highest BCUT2D eigenvalue weighted by Crippen LogP contribution is 2.42. The number of rotatable bonds is 9. The van der Waals surface area contributed by atoms with Crippen LogP contribution in [0.15, 0.2) is 18.2 Å². The number of phenols is 1. The second kappa shape index (κ2) is 10.1. The summed E-state index contributed by atoms with van der Waals surface area (Å²) in [5.74, 6) is 0.609. The van der Waals surface area contributed by atoms with Gasteiger partial charge in [-0.2, -0.15) is 0 Å². The molecule has 0 fully saturated rings. The number of unbranched alkanes of at least 4 members (excludes halogenated alkanes) is 3. The van der Waals surface area contributed by atoms with Crippen molar-refractivity contribution in [1.82, 2.24) is 4.98 Å². The minimum atomic E-state index is -0.779. The van der Waals surface area contributed by atoms with Gasteiger partial charge in [0.05, 0.1) is 5.52 Å². The molecule has 1 unspecified atom stereocenters. The van der Waals surface area contributed by atoms with Crippen molar-refractivity contribution in [3.63, 3.8) is 0 Å². The predicted molar refractivity (Wildman–Crippen MR) is 123 cm³/mol. The first-order valence-corrected chi connectivity index (χ1v) is 11.1. The van der Waals surface area contributed by atoms with Crippen LogP contribution in [0.5, 0.6) is 5.75 Å². The number of fused-ring (bicyclic) bond motifs is 1. The summed E-state index contributed by atoms with van der Waals surface area (Å²) >= 11 is 0. The average Bonchev–Trinajstić information content (AvgIpc) is 2.62. The SMILES string of the molecule is CCCCCCc1c(C(OC(N)=O)C(C)(C)C)c(CC(C)C)nc2ccc(O)cc12. The van der Waals surface area contributed by atoms with E-state index in [0.29, 0.717) is 5.92 Å². The summed E-state index contributed by atoms with van der Waals surface area (Å²) in [6.45, 7) is 12.7. The molecule has 1 amide bonds. The molecule has 166 valence electrons. The van der Waals surface area contributed by atoms with Crippen molar-refractivity contribution >= 4 is 17.0 Å². The van der Waals surface area contributed by atoms with E-state index in [2.05, 4.69) is 20.8 Å². The summed E-state index contributed by atoms with van der Waals surface area (Å²) < 4.78 is 5.71. The van der Waals surface area contributed by atoms with E-state index in [4.69, 9.17) is 15.5 Å². The summed E-state index contributed by atoms with van der Waals surface area (Å²) in [6, 6.07) is 5.33. The summed E-state index contributed by atoms with van der Waals surface area (Å²) in [4.78, 5) is 16.8. The molecule has 0 radical (unpaired) electrons. The largest absolute Gasteiger partial charge is 0.508 e. The fourth-order valence-electron chi connectivity index (χ4n) is 4.02. The van der Waals surface area contributed by atoms with E-state index in [0.717, 1.165) is 53.4 Å². The van der Waals surface area contributed by atoms with Gasteiger partial charge in [0, 0.05) is 22.1 Å². The number of pyridine rings is 1. The topological polar surface area (TPSA) is 85.4 Å². The van der Waals surface area contributed by atoms with Crippen LogP contribution in [0.2, 0.25) is 0 Å². The zero-order valence-electron chi connectivity index (χ0n) is 19.4. The van der Waals surface area contributed by atoms with Gasteiger partial charge in [0.2, 0.25) is 0 Å². The molecule has 1 heterocycles. The first-order chi connectivity index (χ1) is 14.0. The summed E-state index contributed by atoms with van der Waals surface area (Å²) in [5, 5.41) is 11.1. The van der Waals surface area contributed by atoms with E-state index in [9.17, 15) is 9.90 Å². The first-order valence-electron chi connectivity index (χ1n) is 11.1. The van der Waals surface area contributed by atoms with Crippen molar-refractivity contribution < 1.29 is 14.6 Å². The number of nitrogens with zero attached hydrogens (tertiary/aromatic N) is 1. The molecule has 0 aliphatic carbocycles. The molecule has 1 aromatic heterocycles. The van der Waals surface area contributed by atoms with E-state index in [-0.39, 0.29) is 11.2 Å². The number of aryl methyl sites for hydroxylation is 1. The minimum absolute atomic E-state index is 0.213. The molecule has 5 nitrogen and oxygen atoms in total. The lowest BCUT2D eigenvalue weighted by molar-refractivity contribution is 0.0346. The van der Waals surface area contributed by atoms with E-state index in [1.54, 1.807) is 12.1 Å². The molecule has 0 saturated heterocycles. The number of benzene rings is 1. The Morgan fingerprint density at radius 1 is 1.20 bits per heavy atom. The monoisotopic (exact) mass is 414 g/mol. The molecule has 0 spiro atoms. The van der Waals surface area contributed by atoms with E-state index >= 15 is 0 Å². The number of hydrogen-bond donors (Lipinski definition) is 2. The van der Waals surface area contributed by atoms with Crippen LogP contribution in [-0.4, -0.2) is 16.2 Å². The molecule has 5 heteroatoms. The van der Waals surface area contributed by atoms with Gasteiger partial charge in [-0.05, 0) is 48.9 Å². The number of phenolic OH excluding ortho intramolecular Hbond substituents is 1. The molecule has 1 aromatic carbocycles. The van der Waals surface area contributed by atoms with Gasteiger partial charge >= 0.3 is 6.09 Å². The Labute approximate surface area is 181 Å². The highest BCUT2D eigenvalue weighted by Gasteiger charge is 2.34. The Morgan fingerprint density at radius 2 is 1.90 bits per heavy atom. The summed E-state index contributed by atoms with van der Waals surface area (Å²) in [5.41, 5.74) is 9.02. The number of amides is 1. The van der Waals surface area contributed by atoms with Crippen molar-refractivity contribution in [2.75, 3.05) is 0 Å². The first kappa shape index (κ1) is 24.0. The second-order valence-electron chi connectivity index (χ2n) is 9.74. The summed E-state index contributed by atoms with van der Waals surface area (Å²) in [6.07, 6.45) is 4.85. The van der Waals surface area contributed by atoms with E-state index < -0.39 is 12.2 Å². The van der Waals surface area contributed by atoms with Gasteiger partial charge < -0.3 is 15.6 Å². The number of hydrogen-bond acceptors (Lipinski definition) is 4. The zero-order chi connectivity index (χ0) is 22.5. The Balaban J connectivity index is 2.79. The minimum Gasteiger partial charge on any atom is -0.508 e. The molecule has 30 heavy (non-hydrogen) atoms. The lowest BCUT2D eigenvalue weighted by atomic mass is 9.79. The molecule has 0 bridgehead atoms. The van der Waals surface area contributed by atoms with Crippen LogP contribution < -0.4 is 5.73 Å². The van der Waals surface area contributed by atoms with Crippen molar-refractivity contribution in [1.29, 1.82) is 0 Å². The molecular weight excluding hydrogens is 376 g/mol. The predicted octanol–water partition coefficient (Wildman–Crippen LogP) is 6.44. The van der Waals surface area contributed by atoms with Gasteiger partial charge in [-0.3, -0.25) is 4.98 Å². The van der Waals surface area contributed by atoms with Gasteiger partial charge in [0.15, 0.2) is 0 Å². The molecular formula is C25H38N2O3. The second-order valence-corrected chi connectivity index (χ2v) is 9.74. The molecule has 1 atom stereocenters. The number of carbonyl (C=O) groups excluding carboxylic acids is 1. The maximum absolute atomic E-state index is 11.8. The van der Waals surface area contributed by atoms with Crippen molar-refractivity contribution in [2.45, 2.75) is 86.2 Å². The standard InChI is InChI=1S/C25H38N2O3/c1-7-8-9-10-11-18-19-15-17(28)12-13-20(19)27-21(14-16(2)3)22(18)23(25(4,5)6)30-24(26)29/h12-13,15-16,23,28H,7-11,14H2,1-6H3,(H2,26,29). The smallest absolute Gasteiger partial charge is 0.405 e. The molecule has 0 saturated carbocycles. The third kappa shape index (κ3) is 6.10. The Hall–Kier alpha value is -2.30. The van der Waals surface area contributed by atoms with Crippen molar-refractivity contribution in [3.05, 3.63) is 35.0 Å². The number of carbonyl (C=O) groups is 1. The normalized spacial score (nSPS) is 13.0. The maximum atomic E-state index is 11.8. The van der Waals surface area contributed by atoms with Crippen molar-refractivity contribution in [2.24, 2.45) is 17.1 Å². The number of aromatic hydroxyl groups is 1. The number of primary amides is 1. The van der Waals surface area contributed by atoms with Crippen LogP contribution in [0, 0.1) is 11.3 Å². The quantitative estimate of drug-likeness (QED) is 0.462. The fraction of sp³-hybridized carbons (Fsp3) is 0.600. The molecule has 3 N–H and O–H groups in total. The Morgan fingerprint density at radius 3 is 2.47 bits per heavy atom. The molecule has 2 rings (SSSR count). The average molecular weight is 415 g/mol. The third-order valence-electron chi connectivity index (χ3n) is 5.36. The van der Waals surface area contributed by atoms with E-state index in [1.165, 1.54) is 12.8 Å². The lowest BCUT2D eigenvalue weighted by Crippen LogP contribution is -2.29. The van der Waals surface area contributed by atoms with Gasteiger partial charge in [-0.1, -0.05) is 60.8 Å². The number of ether oxygens (including phenoxy) is 1. The molecule has 0 aliphatic rings. The number of aromatic nitrogens is 1. The van der Waals surface area contributed by atoms with E-state index in [1.807, 2.05) is 26.8 Å². The summed E-state index contributed by atoms with van der Waals surface area (Å²) in [7, 11) is 0. The zero-order valence-corrected chi connectivity index (χ0v) is 19.4. The van der Waals surface area contributed by atoms with Crippen LogP contribution >= 0.6 is 0 Å². The van der Waals surface area contributed by atoms with Gasteiger partial charge in [0.1, 0.15) is 11.9 Å². The number of nitrogens with two attached hydrogens (primary N) is 1. The maximum Gasteiger partial charge on any atom is 0.405 e. The van der Waals surface area contributed by atoms with Crippen LogP contribution in [-0.2, 0) is 17.6 Å².